The van der Waals surface area contributed by atoms with Crippen molar-refractivity contribution in [2.45, 2.75) is 13.3 Å². The van der Waals surface area contributed by atoms with Crippen LogP contribution < -0.4 is 10.2 Å². The fourth-order valence-electron chi connectivity index (χ4n) is 3.90. The van der Waals surface area contributed by atoms with Gasteiger partial charge in [-0.15, -0.1) is 0 Å². The molecule has 0 aliphatic carbocycles. The van der Waals surface area contributed by atoms with Gasteiger partial charge < -0.3 is 10.2 Å². The highest BCUT2D eigenvalue weighted by Gasteiger charge is 2.35. The normalized spacial score (nSPS) is 17.7. The quantitative estimate of drug-likeness (QED) is 0.870. The predicted molar refractivity (Wildman–Crippen MR) is 108 cm³/mol. The van der Waals surface area contributed by atoms with Gasteiger partial charge in [-0.3, -0.25) is 24.1 Å². The van der Waals surface area contributed by atoms with E-state index < -0.39 is 0 Å². The molecule has 2 aromatic rings. The van der Waals surface area contributed by atoms with E-state index in [-0.39, 0.29) is 11.8 Å². The average molecular weight is 382 g/mol. The molecular weight excluding hydrogens is 356 g/mol. The van der Waals surface area contributed by atoms with Gasteiger partial charge in [-0.1, -0.05) is 19.1 Å². The van der Waals surface area contributed by atoms with E-state index >= 15 is 0 Å². The summed E-state index contributed by atoms with van der Waals surface area (Å²) in [6.45, 7) is 5.91. The monoisotopic (exact) mass is 382 g/mol. The van der Waals surface area contributed by atoms with E-state index in [1.165, 1.54) is 0 Å². The van der Waals surface area contributed by atoms with E-state index in [1.807, 2.05) is 31.2 Å². The van der Waals surface area contributed by atoms with Crippen molar-refractivity contribution in [3.63, 3.8) is 0 Å². The van der Waals surface area contributed by atoms with Crippen LogP contribution in [0, 0.1) is 0 Å². The molecule has 8 nitrogen and oxygen atoms in total. The number of amides is 2. The number of para-hydroxylation sites is 2. The van der Waals surface area contributed by atoms with E-state index in [1.54, 1.807) is 16.6 Å². The van der Waals surface area contributed by atoms with Gasteiger partial charge in [0, 0.05) is 33.2 Å². The van der Waals surface area contributed by atoms with Crippen molar-refractivity contribution in [2.75, 3.05) is 50.0 Å². The molecule has 0 saturated carbocycles. The van der Waals surface area contributed by atoms with Gasteiger partial charge in [0.1, 0.15) is 5.69 Å². The van der Waals surface area contributed by atoms with E-state index in [2.05, 4.69) is 27.3 Å². The Morgan fingerprint density at radius 2 is 1.86 bits per heavy atom. The lowest BCUT2D eigenvalue weighted by Gasteiger charge is -2.33. The number of carbonyl (C=O) groups is 2. The number of benzene rings is 1. The highest BCUT2D eigenvalue weighted by molar-refractivity contribution is 6.17. The fraction of sp³-hybridized carbons (Fsp3) is 0.450. The van der Waals surface area contributed by atoms with Crippen molar-refractivity contribution in [2.24, 2.45) is 7.05 Å². The molecule has 148 valence electrons. The number of aryl methyl sites for hydroxylation is 2. The Hall–Kier alpha value is -2.71. The van der Waals surface area contributed by atoms with Crippen LogP contribution in [0.5, 0.6) is 0 Å². The molecule has 0 radical (unpaired) electrons. The Labute approximate surface area is 164 Å². The number of nitrogens with zero attached hydrogens (tertiary/aromatic N) is 5. The van der Waals surface area contributed by atoms with Crippen LogP contribution >= 0.6 is 0 Å². The van der Waals surface area contributed by atoms with Gasteiger partial charge in [-0.05, 0) is 25.6 Å². The predicted octanol–water partition coefficient (Wildman–Crippen LogP) is 1.46. The summed E-state index contributed by atoms with van der Waals surface area (Å²) in [4.78, 5) is 32.5. The van der Waals surface area contributed by atoms with Crippen molar-refractivity contribution < 1.29 is 9.59 Å². The highest BCUT2D eigenvalue weighted by atomic mass is 16.2. The van der Waals surface area contributed by atoms with Gasteiger partial charge in [0.05, 0.1) is 23.6 Å². The maximum Gasteiger partial charge on any atom is 0.276 e. The molecule has 1 saturated heterocycles. The minimum atomic E-state index is -0.243. The first-order chi connectivity index (χ1) is 13.5. The van der Waals surface area contributed by atoms with E-state index in [0.29, 0.717) is 35.7 Å². The zero-order valence-electron chi connectivity index (χ0n) is 16.6. The molecule has 2 amide bonds. The number of rotatable bonds is 3. The molecule has 2 aliphatic heterocycles. The fourth-order valence-corrected chi connectivity index (χ4v) is 3.90. The molecule has 0 spiro atoms. The van der Waals surface area contributed by atoms with Crippen molar-refractivity contribution >= 4 is 28.9 Å². The Balaban J connectivity index is 1.78. The molecule has 28 heavy (non-hydrogen) atoms. The minimum Gasteiger partial charge on any atom is -0.319 e. The Kier molecular flexibility index (Phi) is 4.91. The summed E-state index contributed by atoms with van der Waals surface area (Å²) in [7, 11) is 3.84. The number of carbonyl (C=O) groups excluding carboxylic acids is 2. The zero-order valence-corrected chi connectivity index (χ0v) is 16.6. The first kappa shape index (κ1) is 18.6. The lowest BCUT2D eigenvalue weighted by molar-refractivity contribution is -0.119. The van der Waals surface area contributed by atoms with Gasteiger partial charge in [0.2, 0.25) is 5.91 Å². The lowest BCUT2D eigenvalue weighted by atomic mass is 10.1. The number of fused-ring (bicyclic) bond motifs is 2. The maximum absolute atomic E-state index is 13.5. The van der Waals surface area contributed by atoms with E-state index in [4.69, 9.17) is 0 Å². The molecule has 1 aromatic carbocycles. The number of piperazine rings is 1. The lowest BCUT2D eigenvalue weighted by Crippen LogP contribution is -2.48. The van der Waals surface area contributed by atoms with Crippen LogP contribution in [-0.4, -0.2) is 71.2 Å². The number of anilines is 3. The molecule has 0 bridgehead atoms. The van der Waals surface area contributed by atoms with Crippen LogP contribution in [0.15, 0.2) is 24.3 Å². The Morgan fingerprint density at radius 3 is 2.57 bits per heavy atom. The molecule has 0 atom stereocenters. The summed E-state index contributed by atoms with van der Waals surface area (Å²) in [5.74, 6) is -0.287. The van der Waals surface area contributed by atoms with E-state index in [0.717, 1.165) is 31.9 Å². The molecule has 4 rings (SSSR count). The second-order valence-electron chi connectivity index (χ2n) is 7.40. The molecule has 8 heteroatoms. The van der Waals surface area contributed by atoms with Crippen molar-refractivity contribution in [3.05, 3.63) is 35.7 Å². The largest absolute Gasteiger partial charge is 0.319 e. The van der Waals surface area contributed by atoms with Gasteiger partial charge in [-0.25, -0.2) is 0 Å². The second kappa shape index (κ2) is 7.37. The molecule has 1 fully saturated rings. The average Bonchev–Trinajstić information content (AvgIpc) is 2.94. The van der Waals surface area contributed by atoms with Crippen molar-refractivity contribution in [3.8, 4) is 0 Å². The van der Waals surface area contributed by atoms with Crippen LogP contribution in [0.25, 0.3) is 0 Å². The number of likely N-dealkylation sites (N-methyl/N-ethyl adjacent to an activating group) is 1. The molecule has 2 aliphatic rings. The van der Waals surface area contributed by atoms with Gasteiger partial charge in [0.25, 0.3) is 5.91 Å². The molecule has 0 unspecified atom stereocenters. The first-order valence-corrected chi connectivity index (χ1v) is 9.69. The van der Waals surface area contributed by atoms with Crippen LogP contribution in [0.4, 0.5) is 17.1 Å². The number of hydrogen-bond acceptors (Lipinski definition) is 5. The zero-order chi connectivity index (χ0) is 19.8. The smallest absolute Gasteiger partial charge is 0.276 e. The first-order valence-electron chi connectivity index (χ1n) is 9.69. The minimum absolute atomic E-state index is 0.0440. The number of nitrogens with one attached hydrogen (secondary N) is 1. The Morgan fingerprint density at radius 1 is 1.14 bits per heavy atom. The van der Waals surface area contributed by atoms with Crippen molar-refractivity contribution in [1.29, 1.82) is 0 Å². The van der Waals surface area contributed by atoms with Gasteiger partial charge in [0.15, 0.2) is 5.69 Å². The van der Waals surface area contributed by atoms with Crippen molar-refractivity contribution in [1.82, 2.24) is 19.6 Å². The molecular formula is C20H26N6O2. The number of hydrogen-bond donors (Lipinski definition) is 1. The van der Waals surface area contributed by atoms with Crippen LogP contribution in [-0.2, 0) is 18.3 Å². The molecule has 1 aromatic heterocycles. The van der Waals surface area contributed by atoms with E-state index in [9.17, 15) is 9.59 Å². The van der Waals surface area contributed by atoms with Gasteiger partial charge >= 0.3 is 0 Å². The maximum atomic E-state index is 13.5. The highest BCUT2D eigenvalue weighted by Crippen LogP contribution is 2.39. The second-order valence-corrected chi connectivity index (χ2v) is 7.40. The SMILES string of the molecule is CCc1nn(C)c2c1N(C(=O)CN1CCN(C)CC1)c1ccccc1NC2=O. The van der Waals surface area contributed by atoms with Crippen LogP contribution in [0.3, 0.4) is 0 Å². The summed E-state index contributed by atoms with van der Waals surface area (Å²) in [6.07, 6.45) is 0.636. The standard InChI is InChI=1S/C20H26N6O2/c1-4-14-18-19(24(3)22-14)20(28)21-15-7-5-6-8-16(15)26(18)17(27)13-25-11-9-23(2)10-12-25/h5-8H,4,9-13H2,1-3H3,(H,21,28). The summed E-state index contributed by atoms with van der Waals surface area (Å²) in [5, 5.41) is 7.44. The van der Waals surface area contributed by atoms with Crippen LogP contribution in [0.2, 0.25) is 0 Å². The number of aromatic nitrogens is 2. The summed E-state index contributed by atoms with van der Waals surface area (Å²) in [6, 6.07) is 7.44. The molecule has 3 heterocycles. The van der Waals surface area contributed by atoms with Gasteiger partial charge in [-0.2, -0.15) is 5.10 Å². The summed E-state index contributed by atoms with van der Waals surface area (Å²) in [5.41, 5.74) is 3.09. The van der Waals surface area contributed by atoms with Crippen LogP contribution in [0.1, 0.15) is 23.1 Å². The Bertz CT molecular complexity index is 913. The third-order valence-corrected chi connectivity index (χ3v) is 5.46. The molecule has 1 N–H and O–H groups in total. The summed E-state index contributed by atoms with van der Waals surface area (Å²) >= 11 is 0. The summed E-state index contributed by atoms with van der Waals surface area (Å²) < 4.78 is 1.57. The topological polar surface area (TPSA) is 73.7 Å². The third kappa shape index (κ3) is 3.18. The third-order valence-electron chi connectivity index (χ3n) is 5.46.